The third kappa shape index (κ3) is 39.6. The molecule has 0 N–H and O–H groups in total. The van der Waals surface area contributed by atoms with E-state index in [0.29, 0.717) is 12.8 Å². The largest absolute Gasteiger partial charge is 0.544 e. The Labute approximate surface area is 353 Å². The summed E-state index contributed by atoms with van der Waals surface area (Å²) >= 11 is 0. The Bertz CT molecular complexity index is 905. The molecule has 2 atom stereocenters. The predicted octanol–water partition coefficient (Wildman–Crippen LogP) is 12.4. The van der Waals surface area contributed by atoms with Gasteiger partial charge in [0.1, 0.15) is 12.6 Å². The van der Waals surface area contributed by atoms with Crippen LogP contribution >= 0.6 is 0 Å². The predicted molar refractivity (Wildman–Crippen MR) is 236 cm³/mol. The number of esters is 2. The van der Waals surface area contributed by atoms with Crippen LogP contribution in [-0.2, 0) is 28.6 Å². The maximum Gasteiger partial charge on any atom is 0.306 e. The van der Waals surface area contributed by atoms with E-state index >= 15 is 0 Å². The number of carbonyl (C=O) groups excluding carboxylic acids is 3. The Balaban J connectivity index is 4.17. The van der Waals surface area contributed by atoms with Gasteiger partial charge in [0, 0.05) is 19.3 Å². The van der Waals surface area contributed by atoms with Gasteiger partial charge in [-0.25, -0.2) is 0 Å². The van der Waals surface area contributed by atoms with Crippen molar-refractivity contribution in [2.24, 2.45) is 0 Å². The molecule has 0 spiro atoms. The molecular formula is C49H95NO7. The lowest BCUT2D eigenvalue weighted by atomic mass is 10.0. The number of hydrogen-bond donors (Lipinski definition) is 0. The van der Waals surface area contributed by atoms with Gasteiger partial charge in [-0.3, -0.25) is 9.59 Å². The van der Waals surface area contributed by atoms with E-state index in [1.54, 1.807) is 0 Å². The lowest BCUT2D eigenvalue weighted by molar-refractivity contribution is -0.889. The maximum atomic E-state index is 12.8. The molecule has 0 aromatic carbocycles. The molecule has 0 aromatic rings. The molecule has 0 rings (SSSR count). The molecule has 0 heterocycles. The van der Waals surface area contributed by atoms with Crippen LogP contribution in [0.2, 0.25) is 0 Å². The average molecular weight is 810 g/mol. The van der Waals surface area contributed by atoms with Crippen LogP contribution < -0.4 is 5.11 Å². The number of nitrogens with zero attached hydrogens (tertiary/aromatic N) is 1. The number of hydrogen-bond acceptors (Lipinski definition) is 7. The van der Waals surface area contributed by atoms with Crippen LogP contribution in [-0.4, -0.2) is 75.5 Å². The summed E-state index contributed by atoms with van der Waals surface area (Å²) in [5.41, 5.74) is 0. The highest BCUT2D eigenvalue weighted by molar-refractivity contribution is 5.70. The minimum Gasteiger partial charge on any atom is -0.544 e. The Morgan fingerprint density at radius 1 is 0.456 bits per heavy atom. The summed E-state index contributed by atoms with van der Waals surface area (Å²) in [7, 11) is 5.42. The topological polar surface area (TPSA) is 102 Å². The van der Waals surface area contributed by atoms with Crippen molar-refractivity contribution in [2.45, 2.75) is 257 Å². The first-order valence-corrected chi connectivity index (χ1v) is 24.6. The molecule has 0 amide bonds. The maximum absolute atomic E-state index is 12.8. The number of carboxylic acid groups (broad SMARTS) is 1. The highest BCUT2D eigenvalue weighted by atomic mass is 16.6. The zero-order valence-electron chi connectivity index (χ0n) is 38.5. The number of carbonyl (C=O) groups is 3. The Morgan fingerprint density at radius 2 is 0.772 bits per heavy atom. The molecule has 0 aliphatic heterocycles. The van der Waals surface area contributed by atoms with Gasteiger partial charge < -0.3 is 28.6 Å². The second-order valence-electron chi connectivity index (χ2n) is 18.1. The number of rotatable bonds is 45. The average Bonchev–Trinajstić information content (AvgIpc) is 3.17. The standard InChI is InChI=1S/C49H95NO7/c1-6-8-10-12-14-16-18-20-21-22-23-24-25-26-27-28-30-32-34-36-38-40-48(52)57-45(43-55-42-41-46(49(53)54)50(3,4)5)44-56-47(51)39-37-35-33-31-29-19-17-15-13-11-9-7-2/h45-46H,6-44H2,1-5H3. The van der Waals surface area contributed by atoms with Gasteiger partial charge in [0.15, 0.2) is 6.10 Å². The minimum atomic E-state index is -1.12. The molecule has 0 bridgehead atoms. The number of carboxylic acids is 1. The first-order valence-electron chi connectivity index (χ1n) is 24.6. The van der Waals surface area contributed by atoms with Crippen LogP contribution in [0.3, 0.4) is 0 Å². The third-order valence-corrected chi connectivity index (χ3v) is 11.5. The molecule has 0 saturated heterocycles. The van der Waals surface area contributed by atoms with Gasteiger partial charge in [0.25, 0.3) is 0 Å². The van der Waals surface area contributed by atoms with Gasteiger partial charge in [-0.2, -0.15) is 0 Å². The summed E-state index contributed by atoms with van der Waals surface area (Å²) < 4.78 is 17.2. The van der Waals surface area contributed by atoms with E-state index < -0.39 is 18.1 Å². The van der Waals surface area contributed by atoms with Gasteiger partial charge in [0.2, 0.25) is 0 Å². The van der Waals surface area contributed by atoms with Crippen molar-refractivity contribution in [1.29, 1.82) is 0 Å². The van der Waals surface area contributed by atoms with E-state index in [9.17, 15) is 19.5 Å². The van der Waals surface area contributed by atoms with Gasteiger partial charge in [0.05, 0.1) is 40.3 Å². The van der Waals surface area contributed by atoms with Gasteiger partial charge >= 0.3 is 11.9 Å². The van der Waals surface area contributed by atoms with Crippen molar-refractivity contribution in [3.05, 3.63) is 0 Å². The number of quaternary nitrogens is 1. The molecule has 0 aliphatic rings. The molecule has 0 aliphatic carbocycles. The van der Waals surface area contributed by atoms with E-state index in [1.165, 1.54) is 173 Å². The number of unbranched alkanes of at least 4 members (excludes halogenated alkanes) is 31. The first-order chi connectivity index (χ1) is 27.6. The monoisotopic (exact) mass is 810 g/mol. The summed E-state index contributed by atoms with van der Waals surface area (Å²) in [6.07, 6.45) is 42.7. The van der Waals surface area contributed by atoms with Crippen molar-refractivity contribution in [3.8, 4) is 0 Å². The van der Waals surface area contributed by atoms with Gasteiger partial charge in [-0.1, -0.05) is 213 Å². The van der Waals surface area contributed by atoms with Crippen molar-refractivity contribution in [1.82, 2.24) is 0 Å². The second kappa shape index (κ2) is 41.1. The number of ether oxygens (including phenoxy) is 3. The van der Waals surface area contributed by atoms with Crippen LogP contribution in [0.15, 0.2) is 0 Å². The zero-order chi connectivity index (χ0) is 42.1. The highest BCUT2D eigenvalue weighted by Gasteiger charge is 2.25. The number of aliphatic carboxylic acids is 1. The van der Waals surface area contributed by atoms with Crippen LogP contribution in [0.5, 0.6) is 0 Å². The minimum absolute atomic E-state index is 0.0494. The fourth-order valence-corrected chi connectivity index (χ4v) is 7.66. The lowest BCUT2D eigenvalue weighted by Crippen LogP contribution is -2.55. The fraction of sp³-hybridized carbons (Fsp3) is 0.939. The molecule has 0 radical (unpaired) electrons. The molecule has 2 unspecified atom stereocenters. The molecule has 57 heavy (non-hydrogen) atoms. The Hall–Kier alpha value is -1.67. The van der Waals surface area contributed by atoms with Crippen molar-refractivity contribution < 1.29 is 38.2 Å². The van der Waals surface area contributed by atoms with Gasteiger partial charge in [-0.15, -0.1) is 0 Å². The van der Waals surface area contributed by atoms with E-state index in [4.69, 9.17) is 14.2 Å². The van der Waals surface area contributed by atoms with Crippen LogP contribution in [0.4, 0.5) is 0 Å². The SMILES string of the molecule is CCCCCCCCCCCCCCCCCCCCCCCC(=O)OC(COCCC(C(=O)[O-])[N+](C)(C)C)COC(=O)CCCCCCCCCCCCCC. The second-order valence-corrected chi connectivity index (χ2v) is 18.1. The fourth-order valence-electron chi connectivity index (χ4n) is 7.66. The van der Waals surface area contributed by atoms with Crippen LogP contribution in [0, 0.1) is 0 Å². The van der Waals surface area contributed by atoms with Crippen molar-refractivity contribution >= 4 is 17.9 Å². The summed E-state index contributed by atoms with van der Waals surface area (Å²) in [6.45, 7) is 4.71. The first kappa shape index (κ1) is 55.3. The van der Waals surface area contributed by atoms with E-state index in [1.807, 2.05) is 21.1 Å². The quantitative estimate of drug-likeness (QED) is 0.0343. The molecule has 338 valence electrons. The summed E-state index contributed by atoms with van der Waals surface area (Å²) in [5, 5.41) is 11.6. The highest BCUT2D eigenvalue weighted by Crippen LogP contribution is 2.17. The van der Waals surface area contributed by atoms with E-state index in [2.05, 4.69) is 13.8 Å². The molecule has 0 fully saturated rings. The number of likely N-dealkylation sites (N-methyl/N-ethyl adjacent to an activating group) is 1. The molecule has 0 aromatic heterocycles. The normalized spacial score (nSPS) is 12.8. The molecule has 0 saturated carbocycles. The zero-order valence-corrected chi connectivity index (χ0v) is 38.5. The van der Waals surface area contributed by atoms with Crippen LogP contribution in [0.1, 0.15) is 245 Å². The molecular weight excluding hydrogens is 715 g/mol. The smallest absolute Gasteiger partial charge is 0.306 e. The van der Waals surface area contributed by atoms with E-state index in [0.717, 1.165) is 38.5 Å². The van der Waals surface area contributed by atoms with Crippen molar-refractivity contribution in [3.63, 3.8) is 0 Å². The molecule has 8 heteroatoms. The summed E-state index contributed by atoms with van der Waals surface area (Å²) in [6, 6.07) is -0.719. The lowest BCUT2D eigenvalue weighted by Gasteiger charge is -2.34. The third-order valence-electron chi connectivity index (χ3n) is 11.5. The molecule has 8 nitrogen and oxygen atoms in total. The summed E-state index contributed by atoms with van der Waals surface area (Å²) in [5.74, 6) is -1.71. The Morgan fingerprint density at radius 3 is 1.09 bits per heavy atom. The van der Waals surface area contributed by atoms with Crippen molar-refractivity contribution in [2.75, 3.05) is 41.0 Å². The van der Waals surface area contributed by atoms with Gasteiger partial charge in [-0.05, 0) is 12.8 Å². The van der Waals surface area contributed by atoms with Crippen LogP contribution in [0.25, 0.3) is 0 Å². The Kier molecular flexibility index (Phi) is 39.9. The van der Waals surface area contributed by atoms with E-state index in [-0.39, 0.29) is 42.7 Å². The summed E-state index contributed by atoms with van der Waals surface area (Å²) in [4.78, 5) is 36.9.